The Bertz CT molecular complexity index is 806. The lowest BCUT2D eigenvalue weighted by atomic mass is 10.2. The summed E-state index contributed by atoms with van der Waals surface area (Å²) in [5, 5.41) is 15.4. The van der Waals surface area contributed by atoms with Gasteiger partial charge >= 0.3 is 0 Å². The SMILES string of the molecule is O=C1NCCn2nc(-c3ccnc(-n4nccn4)c3)cc21. The van der Waals surface area contributed by atoms with Crippen molar-refractivity contribution >= 4 is 5.91 Å². The van der Waals surface area contributed by atoms with E-state index in [0.29, 0.717) is 24.6 Å². The minimum Gasteiger partial charge on any atom is -0.349 e. The normalized spacial score (nSPS) is 13.8. The van der Waals surface area contributed by atoms with Crippen LogP contribution in [0.1, 0.15) is 10.5 Å². The number of hydrogen-bond donors (Lipinski definition) is 1. The van der Waals surface area contributed by atoms with Crippen molar-refractivity contribution in [3.63, 3.8) is 0 Å². The number of carbonyl (C=O) groups is 1. The summed E-state index contributed by atoms with van der Waals surface area (Å²) in [7, 11) is 0. The van der Waals surface area contributed by atoms with E-state index < -0.39 is 0 Å². The van der Waals surface area contributed by atoms with Crippen LogP contribution in [0.5, 0.6) is 0 Å². The third-order valence-corrected chi connectivity index (χ3v) is 3.29. The smallest absolute Gasteiger partial charge is 0.269 e. The molecule has 4 heterocycles. The lowest BCUT2D eigenvalue weighted by Crippen LogP contribution is -2.35. The van der Waals surface area contributed by atoms with Gasteiger partial charge in [0, 0.05) is 18.3 Å². The van der Waals surface area contributed by atoms with Gasteiger partial charge in [-0.05, 0) is 18.2 Å². The first-order valence-electron chi connectivity index (χ1n) is 6.50. The number of fused-ring (bicyclic) bond motifs is 1. The van der Waals surface area contributed by atoms with Crippen molar-refractivity contribution in [2.75, 3.05) is 6.54 Å². The van der Waals surface area contributed by atoms with Crippen LogP contribution in [0.3, 0.4) is 0 Å². The van der Waals surface area contributed by atoms with Crippen LogP contribution in [0, 0.1) is 0 Å². The molecule has 21 heavy (non-hydrogen) atoms. The van der Waals surface area contributed by atoms with Gasteiger partial charge in [0.2, 0.25) is 0 Å². The number of aromatic nitrogens is 6. The number of carbonyl (C=O) groups excluding carboxylic acids is 1. The zero-order valence-corrected chi connectivity index (χ0v) is 11.0. The molecule has 0 spiro atoms. The molecule has 1 aliphatic heterocycles. The summed E-state index contributed by atoms with van der Waals surface area (Å²) >= 11 is 0. The zero-order chi connectivity index (χ0) is 14.2. The molecule has 0 fully saturated rings. The van der Waals surface area contributed by atoms with Crippen LogP contribution < -0.4 is 5.32 Å². The Hall–Kier alpha value is -3.03. The van der Waals surface area contributed by atoms with Gasteiger partial charge in [0.15, 0.2) is 5.82 Å². The molecule has 3 aromatic heterocycles. The monoisotopic (exact) mass is 281 g/mol. The minimum atomic E-state index is -0.0944. The Morgan fingerprint density at radius 2 is 2.00 bits per heavy atom. The number of nitrogens with zero attached hydrogens (tertiary/aromatic N) is 6. The van der Waals surface area contributed by atoms with E-state index in [-0.39, 0.29) is 5.91 Å². The quantitative estimate of drug-likeness (QED) is 0.728. The van der Waals surface area contributed by atoms with Gasteiger partial charge in [-0.15, -0.1) is 4.80 Å². The molecule has 8 nitrogen and oxygen atoms in total. The summed E-state index contributed by atoms with van der Waals surface area (Å²) < 4.78 is 1.72. The third-order valence-electron chi connectivity index (χ3n) is 3.29. The van der Waals surface area contributed by atoms with Crippen molar-refractivity contribution in [1.29, 1.82) is 0 Å². The summed E-state index contributed by atoms with van der Waals surface area (Å²) in [5.74, 6) is 0.510. The van der Waals surface area contributed by atoms with E-state index in [1.807, 2.05) is 12.1 Å². The third kappa shape index (κ3) is 1.97. The molecule has 1 aliphatic rings. The topological polar surface area (TPSA) is 90.5 Å². The maximum Gasteiger partial charge on any atom is 0.269 e. The molecule has 0 aliphatic carbocycles. The average Bonchev–Trinajstić information content (AvgIpc) is 3.18. The van der Waals surface area contributed by atoms with Gasteiger partial charge in [-0.3, -0.25) is 9.48 Å². The minimum absolute atomic E-state index is 0.0944. The van der Waals surface area contributed by atoms with E-state index in [9.17, 15) is 4.79 Å². The van der Waals surface area contributed by atoms with Crippen LogP contribution in [0.2, 0.25) is 0 Å². The molecule has 0 saturated carbocycles. The molecule has 0 aromatic carbocycles. The van der Waals surface area contributed by atoms with E-state index in [1.165, 1.54) is 4.80 Å². The highest BCUT2D eigenvalue weighted by Gasteiger charge is 2.19. The highest BCUT2D eigenvalue weighted by atomic mass is 16.2. The number of amides is 1. The van der Waals surface area contributed by atoms with Gasteiger partial charge in [0.05, 0.1) is 24.6 Å². The molecule has 3 aromatic rings. The molecular weight excluding hydrogens is 270 g/mol. The molecule has 0 atom stereocenters. The fourth-order valence-corrected chi connectivity index (χ4v) is 2.30. The first-order valence-corrected chi connectivity index (χ1v) is 6.50. The molecule has 1 N–H and O–H groups in total. The van der Waals surface area contributed by atoms with Crippen molar-refractivity contribution in [1.82, 2.24) is 35.1 Å². The standard InChI is InChI=1S/C13H11N7O/c21-13-11-8-10(18-19(11)6-5-15-13)9-1-2-14-12(7-9)20-16-3-4-17-20/h1-4,7-8H,5-6H2,(H,15,21). The average molecular weight is 281 g/mol. The van der Waals surface area contributed by atoms with E-state index in [0.717, 1.165) is 11.3 Å². The Balaban J connectivity index is 1.77. The Kier molecular flexibility index (Phi) is 2.53. The van der Waals surface area contributed by atoms with Crippen LogP contribution in [0.4, 0.5) is 0 Å². The highest BCUT2D eigenvalue weighted by Crippen LogP contribution is 2.21. The maximum absolute atomic E-state index is 11.8. The van der Waals surface area contributed by atoms with Crippen molar-refractivity contribution in [3.05, 3.63) is 42.5 Å². The molecule has 4 rings (SSSR count). The van der Waals surface area contributed by atoms with Gasteiger partial charge in [-0.25, -0.2) is 4.98 Å². The molecule has 0 unspecified atom stereocenters. The summed E-state index contributed by atoms with van der Waals surface area (Å²) in [6.07, 6.45) is 4.86. The fraction of sp³-hybridized carbons (Fsp3) is 0.154. The van der Waals surface area contributed by atoms with Crippen LogP contribution in [0.25, 0.3) is 17.1 Å². The van der Waals surface area contributed by atoms with Crippen LogP contribution >= 0.6 is 0 Å². The molecule has 1 amide bonds. The molecule has 104 valence electrons. The van der Waals surface area contributed by atoms with Gasteiger partial charge in [-0.1, -0.05) is 0 Å². The first-order chi connectivity index (χ1) is 10.3. The number of rotatable bonds is 2. The lowest BCUT2D eigenvalue weighted by molar-refractivity contribution is 0.0924. The summed E-state index contributed by atoms with van der Waals surface area (Å²) in [4.78, 5) is 17.4. The van der Waals surface area contributed by atoms with E-state index in [4.69, 9.17) is 0 Å². The van der Waals surface area contributed by atoms with E-state index in [2.05, 4.69) is 25.6 Å². The fourth-order valence-electron chi connectivity index (χ4n) is 2.30. The molecule has 0 bridgehead atoms. The van der Waals surface area contributed by atoms with Crippen molar-refractivity contribution in [3.8, 4) is 17.1 Å². The van der Waals surface area contributed by atoms with Gasteiger partial charge in [-0.2, -0.15) is 15.3 Å². The maximum atomic E-state index is 11.8. The van der Waals surface area contributed by atoms with Gasteiger partial charge in [0.1, 0.15) is 5.69 Å². The largest absolute Gasteiger partial charge is 0.349 e. The van der Waals surface area contributed by atoms with Crippen LogP contribution in [-0.2, 0) is 6.54 Å². The summed E-state index contributed by atoms with van der Waals surface area (Å²) in [6, 6.07) is 5.47. The van der Waals surface area contributed by atoms with E-state index in [1.54, 1.807) is 29.3 Å². The first kappa shape index (κ1) is 11.8. The number of pyridine rings is 1. The summed E-state index contributed by atoms with van der Waals surface area (Å²) in [6.45, 7) is 1.28. The van der Waals surface area contributed by atoms with Gasteiger partial charge in [0.25, 0.3) is 5.91 Å². The predicted octanol–water partition coefficient (Wildman–Crippen LogP) is 0.269. The summed E-state index contributed by atoms with van der Waals surface area (Å²) in [5.41, 5.74) is 2.18. The van der Waals surface area contributed by atoms with Gasteiger partial charge < -0.3 is 5.32 Å². The van der Waals surface area contributed by atoms with Crippen LogP contribution in [0.15, 0.2) is 36.8 Å². The predicted molar refractivity (Wildman–Crippen MR) is 72.7 cm³/mol. The number of nitrogens with one attached hydrogen (secondary N) is 1. The highest BCUT2D eigenvalue weighted by molar-refractivity contribution is 5.94. The van der Waals surface area contributed by atoms with Crippen LogP contribution in [-0.4, -0.2) is 42.2 Å². The second-order valence-corrected chi connectivity index (χ2v) is 4.62. The molecule has 0 saturated heterocycles. The second-order valence-electron chi connectivity index (χ2n) is 4.62. The zero-order valence-electron chi connectivity index (χ0n) is 11.0. The van der Waals surface area contributed by atoms with Crippen molar-refractivity contribution in [2.24, 2.45) is 0 Å². The Labute approximate surface area is 119 Å². The second kappa shape index (κ2) is 4.51. The molecular formula is C13H11N7O. The van der Waals surface area contributed by atoms with E-state index >= 15 is 0 Å². The van der Waals surface area contributed by atoms with Crippen molar-refractivity contribution in [2.45, 2.75) is 6.54 Å². The lowest BCUT2D eigenvalue weighted by Gasteiger charge is -2.13. The Morgan fingerprint density at radius 1 is 1.14 bits per heavy atom. The number of hydrogen-bond acceptors (Lipinski definition) is 5. The Morgan fingerprint density at radius 3 is 2.81 bits per heavy atom. The molecule has 0 radical (unpaired) electrons. The molecule has 8 heteroatoms. The van der Waals surface area contributed by atoms with Crippen molar-refractivity contribution < 1.29 is 4.79 Å².